The monoisotopic (exact) mass is 768 g/mol. The third kappa shape index (κ3) is 38.0. The van der Waals surface area contributed by atoms with E-state index in [0.717, 1.165) is 70.6 Å². The summed E-state index contributed by atoms with van der Waals surface area (Å²) >= 11 is 0. The maximum atomic E-state index is 13.1. The van der Waals surface area contributed by atoms with Crippen LogP contribution >= 0.6 is 0 Å². The van der Waals surface area contributed by atoms with Crippen LogP contribution in [-0.4, -0.2) is 46.9 Å². The van der Waals surface area contributed by atoms with Crippen molar-refractivity contribution in [3.63, 3.8) is 0 Å². The Hall–Kier alpha value is -2.70. The second-order valence-corrected chi connectivity index (χ2v) is 15.2. The van der Waals surface area contributed by atoms with Gasteiger partial charge in [-0.3, -0.25) is 9.59 Å². The molecule has 3 atom stereocenters. The van der Waals surface area contributed by atoms with Crippen LogP contribution in [0.3, 0.4) is 0 Å². The van der Waals surface area contributed by atoms with E-state index >= 15 is 0 Å². The van der Waals surface area contributed by atoms with E-state index in [1.807, 2.05) is 54.7 Å². The summed E-state index contributed by atoms with van der Waals surface area (Å²) in [6, 6.07) is -0.709. The Balaban J connectivity index is 4.54. The molecule has 0 aromatic carbocycles. The van der Waals surface area contributed by atoms with E-state index < -0.39 is 18.2 Å². The van der Waals surface area contributed by atoms with Gasteiger partial charge >= 0.3 is 5.97 Å². The normalized spacial score (nSPS) is 14.1. The van der Waals surface area contributed by atoms with E-state index in [4.69, 9.17) is 4.74 Å². The first-order valence-electron chi connectivity index (χ1n) is 22.7. The molecule has 6 heteroatoms. The fraction of sp³-hybridized carbons (Fsp3) is 0.714. The number of hydrogen-bond donors (Lipinski definition) is 3. The highest BCUT2D eigenvalue weighted by atomic mass is 16.5. The second kappa shape index (κ2) is 42.4. The van der Waals surface area contributed by atoms with Gasteiger partial charge in [0.05, 0.1) is 25.2 Å². The molecule has 0 radical (unpaired) electrons. The molecule has 0 aliphatic heterocycles. The summed E-state index contributed by atoms with van der Waals surface area (Å²) in [5.74, 6) is -0.535. The number of ether oxygens (including phenoxy) is 1. The van der Waals surface area contributed by atoms with Crippen molar-refractivity contribution in [3.8, 4) is 0 Å². The number of aliphatic hydroxyl groups excluding tert-OH is 2. The minimum Gasteiger partial charge on any atom is -0.462 e. The van der Waals surface area contributed by atoms with Crippen molar-refractivity contribution in [1.29, 1.82) is 0 Å². The van der Waals surface area contributed by atoms with E-state index in [2.05, 4.69) is 44.3 Å². The molecule has 3 unspecified atom stereocenters. The first-order chi connectivity index (χ1) is 27.0. The number of carbonyl (C=O) groups is 2. The maximum absolute atomic E-state index is 13.1. The number of amides is 1. The lowest BCUT2D eigenvalue weighted by Gasteiger charge is -2.24. The predicted octanol–water partition coefficient (Wildman–Crippen LogP) is 13.1. The van der Waals surface area contributed by atoms with Gasteiger partial charge in [-0.15, -0.1) is 0 Å². The number of esters is 1. The predicted molar refractivity (Wildman–Crippen MR) is 236 cm³/mol. The number of carbonyl (C=O) groups excluding carboxylic acids is 2. The lowest BCUT2D eigenvalue weighted by atomic mass is 10.0. The summed E-state index contributed by atoms with van der Waals surface area (Å²) in [6.45, 7) is 6.27. The summed E-state index contributed by atoms with van der Waals surface area (Å²) in [4.78, 5) is 25.9. The van der Waals surface area contributed by atoms with E-state index in [1.54, 1.807) is 0 Å². The molecule has 0 saturated heterocycles. The Morgan fingerprint density at radius 1 is 0.545 bits per heavy atom. The summed E-state index contributed by atoms with van der Waals surface area (Å²) in [6.07, 6.45) is 52.5. The van der Waals surface area contributed by atoms with Crippen molar-refractivity contribution in [2.24, 2.45) is 0 Å². The molecule has 0 bridgehead atoms. The average Bonchev–Trinajstić information content (AvgIpc) is 3.18. The summed E-state index contributed by atoms with van der Waals surface area (Å²) in [5.41, 5.74) is 0. The van der Waals surface area contributed by atoms with Gasteiger partial charge in [0.2, 0.25) is 5.91 Å². The van der Waals surface area contributed by atoms with Crippen molar-refractivity contribution in [3.05, 3.63) is 72.9 Å². The molecular weight excluding hydrogens is 683 g/mol. The van der Waals surface area contributed by atoms with Crippen LogP contribution in [0.1, 0.15) is 201 Å². The molecule has 1 amide bonds. The van der Waals surface area contributed by atoms with E-state index in [9.17, 15) is 19.8 Å². The smallest absolute Gasteiger partial charge is 0.306 e. The van der Waals surface area contributed by atoms with Crippen molar-refractivity contribution in [1.82, 2.24) is 5.32 Å². The highest BCUT2D eigenvalue weighted by molar-refractivity contribution is 5.77. The lowest BCUT2D eigenvalue weighted by molar-refractivity contribution is -0.151. The van der Waals surface area contributed by atoms with Crippen LogP contribution in [0.5, 0.6) is 0 Å². The van der Waals surface area contributed by atoms with Gasteiger partial charge in [0.25, 0.3) is 0 Å². The minimum atomic E-state index is -0.794. The third-order valence-electron chi connectivity index (χ3n) is 9.96. The van der Waals surface area contributed by atoms with Gasteiger partial charge in [0.15, 0.2) is 0 Å². The van der Waals surface area contributed by atoms with Gasteiger partial charge in [-0.1, -0.05) is 216 Å². The Kier molecular flexibility index (Phi) is 40.4. The molecule has 0 aliphatic carbocycles. The van der Waals surface area contributed by atoms with Gasteiger partial charge in [-0.05, 0) is 44.9 Å². The molecule has 0 spiro atoms. The minimum absolute atomic E-state index is 0.0564. The van der Waals surface area contributed by atoms with E-state index in [-0.39, 0.29) is 24.9 Å². The zero-order valence-corrected chi connectivity index (χ0v) is 35.8. The molecule has 6 nitrogen and oxygen atoms in total. The molecule has 0 aromatic heterocycles. The lowest BCUT2D eigenvalue weighted by Crippen LogP contribution is -2.46. The Bertz CT molecular complexity index is 1040. The van der Waals surface area contributed by atoms with E-state index in [1.165, 1.54) is 83.5 Å². The fourth-order valence-electron chi connectivity index (χ4n) is 6.52. The van der Waals surface area contributed by atoms with Crippen LogP contribution in [-0.2, 0) is 14.3 Å². The Morgan fingerprint density at radius 3 is 1.47 bits per heavy atom. The van der Waals surface area contributed by atoms with Gasteiger partial charge in [-0.25, -0.2) is 0 Å². The Labute approximate surface area is 339 Å². The molecule has 316 valence electrons. The second-order valence-electron chi connectivity index (χ2n) is 15.2. The molecule has 0 aromatic rings. The number of hydrogen-bond acceptors (Lipinski definition) is 5. The number of nitrogens with one attached hydrogen (secondary N) is 1. The highest BCUT2D eigenvalue weighted by Crippen LogP contribution is 2.17. The molecule has 0 rings (SSSR count). The fourth-order valence-corrected chi connectivity index (χ4v) is 6.52. The molecule has 0 saturated carbocycles. The summed E-state index contributed by atoms with van der Waals surface area (Å²) in [5, 5.41) is 23.6. The topological polar surface area (TPSA) is 95.9 Å². The van der Waals surface area contributed by atoms with E-state index in [0.29, 0.717) is 19.3 Å². The van der Waals surface area contributed by atoms with Gasteiger partial charge < -0.3 is 20.3 Å². The SMILES string of the molecule is CC\C=C/C=C/C=C/C=C\C=C\C=C\CCCCCC(=O)OC(CCCCCCCCC)CC(=O)NC(CO)C(O)CCCCCCCCCCCCCC. The summed E-state index contributed by atoms with van der Waals surface area (Å²) in [7, 11) is 0. The van der Waals surface area contributed by atoms with Crippen LogP contribution in [0.15, 0.2) is 72.9 Å². The first kappa shape index (κ1) is 52.3. The standard InChI is InChI=1S/C49H85NO5/c1-4-7-10-13-16-18-20-22-23-24-25-26-28-30-33-36-39-42-49(54)55-45(40-37-34-31-15-12-9-6-3)43-48(53)50-46(44-51)47(52)41-38-35-32-29-27-21-19-17-14-11-8-5-2/h7,10,13,16,18,20,22-26,28,45-47,51-52H,4-6,8-9,11-12,14-15,17,19,21,27,29-44H2,1-3H3,(H,50,53)/b10-7-,16-13+,20-18+,23-22-,25-24+,28-26+. The molecule has 0 aliphatic rings. The molecule has 55 heavy (non-hydrogen) atoms. The third-order valence-corrected chi connectivity index (χ3v) is 9.96. The first-order valence-corrected chi connectivity index (χ1v) is 22.7. The molecule has 0 heterocycles. The van der Waals surface area contributed by atoms with Crippen LogP contribution in [0.4, 0.5) is 0 Å². The molecular formula is C49H85NO5. The van der Waals surface area contributed by atoms with Crippen molar-refractivity contribution < 1.29 is 24.5 Å². The molecule has 3 N–H and O–H groups in total. The number of unbranched alkanes of at least 4 members (excludes halogenated alkanes) is 20. The van der Waals surface area contributed by atoms with Gasteiger partial charge in [0.1, 0.15) is 6.10 Å². The van der Waals surface area contributed by atoms with Crippen LogP contribution in [0.25, 0.3) is 0 Å². The van der Waals surface area contributed by atoms with Crippen molar-refractivity contribution in [2.75, 3.05) is 6.61 Å². The van der Waals surface area contributed by atoms with Gasteiger partial charge in [-0.2, -0.15) is 0 Å². The number of rotatable bonds is 39. The number of aliphatic hydroxyl groups is 2. The van der Waals surface area contributed by atoms with Crippen LogP contribution < -0.4 is 5.32 Å². The zero-order chi connectivity index (χ0) is 40.3. The highest BCUT2D eigenvalue weighted by Gasteiger charge is 2.24. The van der Waals surface area contributed by atoms with Crippen molar-refractivity contribution in [2.45, 2.75) is 219 Å². The zero-order valence-electron chi connectivity index (χ0n) is 35.8. The Morgan fingerprint density at radius 2 is 0.982 bits per heavy atom. The van der Waals surface area contributed by atoms with Gasteiger partial charge in [0, 0.05) is 6.42 Å². The van der Waals surface area contributed by atoms with Crippen molar-refractivity contribution >= 4 is 11.9 Å². The largest absolute Gasteiger partial charge is 0.462 e. The average molecular weight is 768 g/mol. The summed E-state index contributed by atoms with van der Waals surface area (Å²) < 4.78 is 5.85. The quantitative estimate of drug-likeness (QED) is 0.0329. The molecule has 0 fully saturated rings. The van der Waals surface area contributed by atoms with Crippen LogP contribution in [0, 0.1) is 0 Å². The van der Waals surface area contributed by atoms with Crippen LogP contribution in [0.2, 0.25) is 0 Å². The maximum Gasteiger partial charge on any atom is 0.306 e. The number of allylic oxidation sites excluding steroid dienone is 12.